The maximum absolute atomic E-state index is 11.1. The van der Waals surface area contributed by atoms with Crippen LogP contribution in [0.2, 0.25) is 0 Å². The molecular formula is C16H31NO3. The molecule has 0 amide bonds. The summed E-state index contributed by atoms with van der Waals surface area (Å²) in [6, 6.07) is -0.497. The van der Waals surface area contributed by atoms with E-state index >= 15 is 0 Å². The van der Waals surface area contributed by atoms with Crippen LogP contribution >= 0.6 is 0 Å². The molecule has 4 nitrogen and oxygen atoms in total. The molecule has 0 rings (SSSR count). The SMILES string of the molecule is COC(=O)[C@@H](N)CC/C=C\CCCCCCCCCO. The molecule has 0 aromatic heterocycles. The minimum absolute atomic E-state index is 0.324. The van der Waals surface area contributed by atoms with Gasteiger partial charge in [0.15, 0.2) is 0 Å². The van der Waals surface area contributed by atoms with Crippen LogP contribution in [0.15, 0.2) is 12.2 Å². The van der Waals surface area contributed by atoms with Crippen LogP contribution < -0.4 is 5.73 Å². The highest BCUT2D eigenvalue weighted by Crippen LogP contribution is 2.09. The Bertz CT molecular complexity index is 254. The number of carbonyl (C=O) groups is 1. The monoisotopic (exact) mass is 285 g/mol. The summed E-state index contributed by atoms with van der Waals surface area (Å²) in [5.41, 5.74) is 5.63. The van der Waals surface area contributed by atoms with Crippen LogP contribution in [0.1, 0.15) is 64.2 Å². The van der Waals surface area contributed by atoms with E-state index in [0.29, 0.717) is 13.0 Å². The van der Waals surface area contributed by atoms with Crippen molar-refractivity contribution in [2.24, 2.45) is 5.73 Å². The van der Waals surface area contributed by atoms with Gasteiger partial charge in [-0.15, -0.1) is 0 Å². The molecule has 0 aromatic carbocycles. The molecule has 0 heterocycles. The summed E-state index contributed by atoms with van der Waals surface area (Å²) in [6.45, 7) is 0.324. The number of carbonyl (C=O) groups excluding carboxylic acids is 1. The molecule has 0 saturated heterocycles. The van der Waals surface area contributed by atoms with E-state index in [1.165, 1.54) is 39.2 Å². The van der Waals surface area contributed by atoms with Crippen molar-refractivity contribution in [1.29, 1.82) is 0 Å². The fourth-order valence-electron chi connectivity index (χ4n) is 2.04. The van der Waals surface area contributed by atoms with Crippen molar-refractivity contribution >= 4 is 5.97 Å². The molecule has 0 aliphatic carbocycles. The number of rotatable bonds is 13. The molecule has 0 spiro atoms. The lowest BCUT2D eigenvalue weighted by molar-refractivity contribution is -0.142. The molecule has 0 aliphatic rings. The first-order chi connectivity index (χ1) is 9.72. The smallest absolute Gasteiger partial charge is 0.322 e. The summed E-state index contributed by atoms with van der Waals surface area (Å²) in [5.74, 6) is -0.334. The van der Waals surface area contributed by atoms with Crippen LogP contribution in [0.3, 0.4) is 0 Å². The van der Waals surface area contributed by atoms with Crippen LogP contribution in [0, 0.1) is 0 Å². The van der Waals surface area contributed by atoms with Crippen molar-refractivity contribution < 1.29 is 14.6 Å². The first-order valence-corrected chi connectivity index (χ1v) is 7.81. The largest absolute Gasteiger partial charge is 0.468 e. The summed E-state index contributed by atoms with van der Waals surface area (Å²) in [7, 11) is 1.36. The van der Waals surface area contributed by atoms with Gasteiger partial charge in [0.05, 0.1) is 7.11 Å². The normalized spacial score (nSPS) is 12.8. The van der Waals surface area contributed by atoms with Gasteiger partial charge in [-0.1, -0.05) is 44.3 Å². The number of allylic oxidation sites excluding steroid dienone is 2. The number of methoxy groups -OCH3 is 1. The highest BCUT2D eigenvalue weighted by molar-refractivity contribution is 5.75. The molecule has 1 atom stereocenters. The molecule has 0 aromatic rings. The van der Waals surface area contributed by atoms with Gasteiger partial charge in [-0.3, -0.25) is 4.79 Å². The molecule has 0 unspecified atom stereocenters. The first-order valence-electron chi connectivity index (χ1n) is 7.81. The molecule has 0 saturated carbocycles. The zero-order chi connectivity index (χ0) is 15.1. The maximum atomic E-state index is 11.1. The van der Waals surface area contributed by atoms with Gasteiger partial charge in [-0.25, -0.2) is 0 Å². The minimum atomic E-state index is -0.497. The number of ether oxygens (including phenoxy) is 1. The number of unbranched alkanes of at least 4 members (excludes halogenated alkanes) is 7. The van der Waals surface area contributed by atoms with Crippen LogP contribution in [0.5, 0.6) is 0 Å². The average Bonchev–Trinajstić information content (AvgIpc) is 2.47. The predicted octanol–water partition coefficient (Wildman–Crippen LogP) is 2.94. The van der Waals surface area contributed by atoms with Gasteiger partial charge < -0.3 is 15.6 Å². The Labute approximate surface area is 123 Å². The Morgan fingerprint density at radius 1 is 1.05 bits per heavy atom. The van der Waals surface area contributed by atoms with Gasteiger partial charge in [0.25, 0.3) is 0 Å². The van der Waals surface area contributed by atoms with Crippen molar-refractivity contribution in [3.63, 3.8) is 0 Å². The van der Waals surface area contributed by atoms with Crippen molar-refractivity contribution in [2.75, 3.05) is 13.7 Å². The van der Waals surface area contributed by atoms with Crippen LogP contribution in [0.25, 0.3) is 0 Å². The van der Waals surface area contributed by atoms with E-state index in [-0.39, 0.29) is 5.97 Å². The summed E-state index contributed by atoms with van der Waals surface area (Å²) >= 11 is 0. The number of hydrogen-bond acceptors (Lipinski definition) is 4. The van der Waals surface area contributed by atoms with Gasteiger partial charge >= 0.3 is 5.97 Å². The second kappa shape index (κ2) is 14.5. The lowest BCUT2D eigenvalue weighted by Crippen LogP contribution is -2.31. The Kier molecular flexibility index (Phi) is 13.9. The zero-order valence-corrected chi connectivity index (χ0v) is 12.9. The molecule has 0 aliphatic heterocycles. The van der Waals surface area contributed by atoms with E-state index in [0.717, 1.165) is 25.7 Å². The molecule has 118 valence electrons. The van der Waals surface area contributed by atoms with E-state index in [2.05, 4.69) is 16.9 Å². The Morgan fingerprint density at radius 3 is 2.20 bits per heavy atom. The van der Waals surface area contributed by atoms with Gasteiger partial charge in [0.2, 0.25) is 0 Å². The van der Waals surface area contributed by atoms with Crippen molar-refractivity contribution in [3.8, 4) is 0 Å². The van der Waals surface area contributed by atoms with Crippen molar-refractivity contribution in [3.05, 3.63) is 12.2 Å². The summed E-state index contributed by atoms with van der Waals surface area (Å²) in [4.78, 5) is 11.1. The number of hydrogen-bond donors (Lipinski definition) is 2. The van der Waals surface area contributed by atoms with E-state index < -0.39 is 6.04 Å². The molecule has 3 N–H and O–H groups in total. The number of aliphatic hydroxyl groups is 1. The van der Waals surface area contributed by atoms with E-state index in [4.69, 9.17) is 10.8 Å². The molecule has 20 heavy (non-hydrogen) atoms. The average molecular weight is 285 g/mol. The summed E-state index contributed by atoms with van der Waals surface area (Å²) in [5, 5.41) is 8.65. The number of esters is 1. The minimum Gasteiger partial charge on any atom is -0.468 e. The molecule has 0 bridgehead atoms. The van der Waals surface area contributed by atoms with Crippen molar-refractivity contribution in [2.45, 2.75) is 70.3 Å². The third-order valence-corrected chi connectivity index (χ3v) is 3.34. The molecule has 4 heteroatoms. The van der Waals surface area contributed by atoms with Crippen molar-refractivity contribution in [1.82, 2.24) is 0 Å². The van der Waals surface area contributed by atoms with Crippen LogP contribution in [-0.4, -0.2) is 30.8 Å². The zero-order valence-electron chi connectivity index (χ0n) is 12.9. The summed E-state index contributed by atoms with van der Waals surface area (Å²) < 4.78 is 4.57. The van der Waals surface area contributed by atoms with Gasteiger partial charge in [0, 0.05) is 6.61 Å². The van der Waals surface area contributed by atoms with Gasteiger partial charge in [0.1, 0.15) is 6.04 Å². The topological polar surface area (TPSA) is 72.5 Å². The quantitative estimate of drug-likeness (QED) is 0.310. The number of nitrogens with two attached hydrogens (primary N) is 1. The second-order valence-electron chi connectivity index (χ2n) is 5.17. The fourth-order valence-corrected chi connectivity index (χ4v) is 2.04. The number of aliphatic hydroxyl groups excluding tert-OH is 1. The third-order valence-electron chi connectivity index (χ3n) is 3.34. The Morgan fingerprint density at radius 2 is 1.60 bits per heavy atom. The molecule has 0 radical (unpaired) electrons. The van der Waals surface area contributed by atoms with E-state index in [1.807, 2.05) is 0 Å². The standard InChI is InChI=1S/C16H31NO3/c1-20-16(19)15(17)13-11-9-7-5-3-2-4-6-8-10-12-14-18/h7,9,15,18H,2-6,8,10-14,17H2,1H3/b9-7-/t15-/m0/s1. The van der Waals surface area contributed by atoms with Crippen LogP contribution in [-0.2, 0) is 9.53 Å². The highest BCUT2D eigenvalue weighted by atomic mass is 16.5. The predicted molar refractivity (Wildman–Crippen MR) is 82.4 cm³/mol. The van der Waals surface area contributed by atoms with E-state index in [1.54, 1.807) is 0 Å². The Hall–Kier alpha value is -0.870. The van der Waals surface area contributed by atoms with E-state index in [9.17, 15) is 4.79 Å². The lowest BCUT2D eigenvalue weighted by atomic mass is 10.1. The lowest BCUT2D eigenvalue weighted by Gasteiger charge is -2.06. The summed E-state index contributed by atoms with van der Waals surface area (Å²) in [6.07, 6.45) is 15.2. The van der Waals surface area contributed by atoms with Gasteiger partial charge in [-0.05, 0) is 32.1 Å². The van der Waals surface area contributed by atoms with Gasteiger partial charge in [-0.2, -0.15) is 0 Å². The Balaban J connectivity index is 3.26. The van der Waals surface area contributed by atoms with Crippen LogP contribution in [0.4, 0.5) is 0 Å². The second-order valence-corrected chi connectivity index (χ2v) is 5.17. The third kappa shape index (κ3) is 12.2. The molecule has 0 fully saturated rings. The highest BCUT2D eigenvalue weighted by Gasteiger charge is 2.11. The maximum Gasteiger partial charge on any atom is 0.322 e. The fraction of sp³-hybridized carbons (Fsp3) is 0.812. The molecular weight excluding hydrogens is 254 g/mol. The first kappa shape index (κ1) is 19.1.